The van der Waals surface area contributed by atoms with E-state index >= 15 is 0 Å². The number of likely N-dealkylation sites (tertiary alicyclic amines) is 1. The summed E-state index contributed by atoms with van der Waals surface area (Å²) in [5.74, 6) is -0.00836. The van der Waals surface area contributed by atoms with Crippen LogP contribution in [-0.2, 0) is 21.1 Å². The molecule has 0 aromatic heterocycles. The second kappa shape index (κ2) is 6.94. The van der Waals surface area contributed by atoms with Crippen LogP contribution in [0.1, 0.15) is 44.7 Å². The van der Waals surface area contributed by atoms with Gasteiger partial charge in [0.1, 0.15) is 0 Å². The Balaban J connectivity index is 1.91. The van der Waals surface area contributed by atoms with Gasteiger partial charge in [0, 0.05) is 19.5 Å². The first-order valence-electron chi connectivity index (χ1n) is 8.15. The molecule has 130 valence electrons. The molecule has 0 saturated carbocycles. The topological polar surface area (TPSA) is 78.2 Å². The van der Waals surface area contributed by atoms with E-state index in [1.54, 1.807) is 37.8 Å². The van der Waals surface area contributed by atoms with Gasteiger partial charge in [-0.05, 0) is 51.3 Å². The van der Waals surface area contributed by atoms with Crippen LogP contribution in [0.15, 0.2) is 24.3 Å². The molecule has 1 saturated heterocycles. The van der Waals surface area contributed by atoms with E-state index in [1.165, 1.54) is 0 Å². The van der Waals surface area contributed by atoms with Gasteiger partial charge in [0.15, 0.2) is 9.84 Å². The highest BCUT2D eigenvalue weighted by Gasteiger charge is 2.41. The summed E-state index contributed by atoms with van der Waals surface area (Å²) < 4.78 is 24.2. The maximum Gasteiger partial charge on any atom is 0.222 e. The molecule has 5 nitrogen and oxygen atoms in total. The smallest absolute Gasteiger partial charge is 0.222 e. The highest BCUT2D eigenvalue weighted by Crippen LogP contribution is 2.27. The molecule has 6 heteroatoms. The Hall–Kier alpha value is -1.87. The molecule has 1 heterocycles. The maximum absolute atomic E-state index is 12.5. The monoisotopic (exact) mass is 348 g/mol. The summed E-state index contributed by atoms with van der Waals surface area (Å²) in [5, 5.41) is 8.32. The minimum atomic E-state index is -3.24. The SMILES string of the molecule is CC(C)(C)S(=O)(=O)C1CCN(C(=O)CCc2ccc(C#N)cc2)C1. The molecular formula is C18H24N2O3S. The van der Waals surface area contributed by atoms with E-state index in [4.69, 9.17) is 5.26 Å². The highest BCUT2D eigenvalue weighted by atomic mass is 32.2. The van der Waals surface area contributed by atoms with E-state index < -0.39 is 19.8 Å². The molecule has 1 aromatic rings. The molecule has 1 aromatic carbocycles. The Kier molecular flexibility index (Phi) is 5.34. The number of sulfone groups is 1. The van der Waals surface area contributed by atoms with Crippen molar-refractivity contribution in [3.8, 4) is 6.07 Å². The third-order valence-electron chi connectivity index (χ3n) is 4.50. The molecule has 1 fully saturated rings. The fraction of sp³-hybridized carbons (Fsp3) is 0.556. The van der Waals surface area contributed by atoms with Crippen LogP contribution < -0.4 is 0 Å². The molecular weight excluding hydrogens is 324 g/mol. The Morgan fingerprint density at radius 2 is 1.92 bits per heavy atom. The van der Waals surface area contributed by atoms with Gasteiger partial charge in [0.05, 0.1) is 21.6 Å². The summed E-state index contributed by atoms with van der Waals surface area (Å²) in [6.07, 6.45) is 1.47. The van der Waals surface area contributed by atoms with Gasteiger partial charge in [-0.25, -0.2) is 8.42 Å². The number of carbonyl (C=O) groups excluding carboxylic acids is 1. The van der Waals surface area contributed by atoms with Crippen molar-refractivity contribution in [1.82, 2.24) is 4.90 Å². The fourth-order valence-electron chi connectivity index (χ4n) is 2.86. The summed E-state index contributed by atoms with van der Waals surface area (Å²) in [4.78, 5) is 14.0. The number of aryl methyl sites for hydroxylation is 1. The molecule has 24 heavy (non-hydrogen) atoms. The number of hydrogen-bond acceptors (Lipinski definition) is 4. The predicted molar refractivity (Wildman–Crippen MR) is 93.1 cm³/mol. The quantitative estimate of drug-likeness (QED) is 0.836. The molecule has 1 amide bonds. The lowest BCUT2D eigenvalue weighted by Gasteiger charge is -2.24. The molecule has 1 aliphatic heterocycles. The summed E-state index contributed by atoms with van der Waals surface area (Å²) in [6, 6.07) is 9.24. The van der Waals surface area contributed by atoms with Crippen LogP contribution in [0.5, 0.6) is 0 Å². The molecule has 1 atom stereocenters. The average molecular weight is 348 g/mol. The van der Waals surface area contributed by atoms with Gasteiger partial charge in [0.2, 0.25) is 5.91 Å². The van der Waals surface area contributed by atoms with Crippen molar-refractivity contribution < 1.29 is 13.2 Å². The molecule has 0 radical (unpaired) electrons. The number of amides is 1. The van der Waals surface area contributed by atoms with Crippen molar-refractivity contribution in [3.63, 3.8) is 0 Å². The number of benzene rings is 1. The van der Waals surface area contributed by atoms with Gasteiger partial charge in [-0.15, -0.1) is 0 Å². The second-order valence-electron chi connectivity index (χ2n) is 7.22. The number of nitrogens with zero attached hydrogens (tertiary/aromatic N) is 2. The van der Waals surface area contributed by atoms with Gasteiger partial charge in [-0.2, -0.15) is 5.26 Å². The molecule has 2 rings (SSSR count). The van der Waals surface area contributed by atoms with E-state index in [1.807, 2.05) is 12.1 Å². The van der Waals surface area contributed by atoms with E-state index in [0.29, 0.717) is 37.9 Å². The van der Waals surface area contributed by atoms with E-state index in [9.17, 15) is 13.2 Å². The maximum atomic E-state index is 12.5. The zero-order valence-corrected chi connectivity index (χ0v) is 15.3. The predicted octanol–water partition coefficient (Wildman–Crippen LogP) is 2.31. The minimum Gasteiger partial charge on any atom is -0.341 e. The summed E-state index contributed by atoms with van der Waals surface area (Å²) in [5.41, 5.74) is 1.60. The van der Waals surface area contributed by atoms with E-state index in [2.05, 4.69) is 6.07 Å². The highest BCUT2D eigenvalue weighted by molar-refractivity contribution is 7.93. The number of hydrogen-bond donors (Lipinski definition) is 0. The van der Waals surface area contributed by atoms with E-state index in [0.717, 1.165) is 5.56 Å². The van der Waals surface area contributed by atoms with Crippen LogP contribution in [-0.4, -0.2) is 42.3 Å². The van der Waals surface area contributed by atoms with Crippen molar-refractivity contribution in [2.24, 2.45) is 0 Å². The molecule has 0 N–H and O–H groups in total. The summed E-state index contributed by atoms with van der Waals surface area (Å²) >= 11 is 0. The summed E-state index contributed by atoms with van der Waals surface area (Å²) in [6.45, 7) is 5.92. The lowest BCUT2D eigenvalue weighted by atomic mass is 10.1. The zero-order valence-electron chi connectivity index (χ0n) is 14.4. The standard InChI is InChI=1S/C18H24N2O3S/c1-18(2,3)24(22,23)16-10-11-20(13-16)17(21)9-8-14-4-6-15(12-19)7-5-14/h4-7,16H,8-11,13H2,1-3H3. The van der Waals surface area contributed by atoms with Gasteiger partial charge in [0.25, 0.3) is 0 Å². The molecule has 0 aliphatic carbocycles. The van der Waals surface area contributed by atoms with Gasteiger partial charge < -0.3 is 4.90 Å². The Bertz CT molecular complexity index is 740. The molecule has 1 aliphatic rings. The van der Waals surface area contributed by atoms with Crippen LogP contribution in [0.3, 0.4) is 0 Å². The van der Waals surface area contributed by atoms with Crippen molar-refractivity contribution in [3.05, 3.63) is 35.4 Å². The van der Waals surface area contributed by atoms with Gasteiger partial charge >= 0.3 is 0 Å². The molecule has 0 spiro atoms. The van der Waals surface area contributed by atoms with Crippen LogP contribution in [0.25, 0.3) is 0 Å². The minimum absolute atomic E-state index is 0.00836. The van der Waals surface area contributed by atoms with E-state index in [-0.39, 0.29) is 5.91 Å². The average Bonchev–Trinajstić information content (AvgIpc) is 3.02. The number of rotatable bonds is 4. The first kappa shape index (κ1) is 18.5. The van der Waals surface area contributed by atoms with Crippen molar-refractivity contribution >= 4 is 15.7 Å². The first-order chi connectivity index (χ1) is 11.1. The van der Waals surface area contributed by atoms with Crippen molar-refractivity contribution in [2.75, 3.05) is 13.1 Å². The van der Waals surface area contributed by atoms with Crippen molar-refractivity contribution in [1.29, 1.82) is 5.26 Å². The normalized spacial score (nSPS) is 18.4. The van der Waals surface area contributed by atoms with Crippen LogP contribution in [0.4, 0.5) is 0 Å². The lowest BCUT2D eigenvalue weighted by Crippen LogP contribution is -2.39. The van der Waals surface area contributed by atoms with Crippen LogP contribution in [0.2, 0.25) is 0 Å². The third-order valence-corrected chi connectivity index (χ3v) is 7.47. The Morgan fingerprint density at radius 1 is 1.29 bits per heavy atom. The number of nitriles is 1. The molecule has 0 bridgehead atoms. The Morgan fingerprint density at radius 3 is 2.46 bits per heavy atom. The molecule has 1 unspecified atom stereocenters. The lowest BCUT2D eigenvalue weighted by molar-refractivity contribution is -0.130. The van der Waals surface area contributed by atoms with Crippen LogP contribution >= 0.6 is 0 Å². The zero-order chi connectivity index (χ0) is 18.0. The largest absolute Gasteiger partial charge is 0.341 e. The van der Waals surface area contributed by atoms with Gasteiger partial charge in [-0.1, -0.05) is 12.1 Å². The fourth-order valence-corrected chi connectivity index (χ4v) is 4.66. The number of carbonyl (C=O) groups is 1. The summed E-state index contributed by atoms with van der Waals surface area (Å²) in [7, 11) is -3.24. The van der Waals surface area contributed by atoms with Crippen LogP contribution in [0, 0.1) is 11.3 Å². The van der Waals surface area contributed by atoms with Gasteiger partial charge in [-0.3, -0.25) is 4.79 Å². The Labute approximate surface area is 144 Å². The first-order valence-corrected chi connectivity index (χ1v) is 9.70. The third kappa shape index (κ3) is 3.96. The second-order valence-corrected chi connectivity index (χ2v) is 10.2. The van der Waals surface area contributed by atoms with Crippen molar-refractivity contribution in [2.45, 2.75) is 50.0 Å².